The van der Waals surface area contributed by atoms with Gasteiger partial charge in [0.1, 0.15) is 0 Å². The molecule has 0 saturated carbocycles. The summed E-state index contributed by atoms with van der Waals surface area (Å²) in [6.07, 6.45) is 0.0427. The van der Waals surface area contributed by atoms with E-state index in [0.717, 1.165) is 12.2 Å². The Bertz CT molecular complexity index is 871. The van der Waals surface area contributed by atoms with Gasteiger partial charge in [-0.05, 0) is 43.3 Å². The number of nitrogens with zero attached hydrogens (tertiary/aromatic N) is 1. The molecular weight excluding hydrogens is 418 g/mol. The topological polar surface area (TPSA) is 78.5 Å². The van der Waals surface area contributed by atoms with Gasteiger partial charge in [-0.25, -0.2) is 13.1 Å². The lowest BCUT2D eigenvalue weighted by atomic mass is 10.2. The molecule has 0 fully saturated rings. The van der Waals surface area contributed by atoms with Gasteiger partial charge in [0.15, 0.2) is 0 Å². The Labute approximate surface area is 162 Å². The summed E-state index contributed by atoms with van der Waals surface area (Å²) in [5.41, 5.74) is 1.68. The summed E-state index contributed by atoms with van der Waals surface area (Å²) in [5, 5.41) is 2.79. The van der Waals surface area contributed by atoms with Crippen molar-refractivity contribution in [3.63, 3.8) is 0 Å². The first-order valence-corrected chi connectivity index (χ1v) is 10.5. The summed E-state index contributed by atoms with van der Waals surface area (Å²) < 4.78 is 27.5. The van der Waals surface area contributed by atoms with Crippen LogP contribution in [0, 0.1) is 0 Å². The minimum atomic E-state index is -3.64. The lowest BCUT2D eigenvalue weighted by Gasteiger charge is -2.17. The van der Waals surface area contributed by atoms with Gasteiger partial charge >= 0.3 is 0 Å². The quantitative estimate of drug-likeness (QED) is 0.661. The van der Waals surface area contributed by atoms with Gasteiger partial charge in [0.05, 0.1) is 4.90 Å². The van der Waals surface area contributed by atoms with Crippen LogP contribution in [-0.4, -0.2) is 34.5 Å². The number of amides is 1. The first kappa shape index (κ1) is 20.4. The van der Waals surface area contributed by atoms with Crippen molar-refractivity contribution in [1.29, 1.82) is 0 Å². The number of hydrogen-bond donors (Lipinski definition) is 2. The molecule has 0 saturated heterocycles. The summed E-state index contributed by atoms with van der Waals surface area (Å²) in [4.78, 5) is 14.3. The van der Waals surface area contributed by atoms with Crippen molar-refractivity contribution < 1.29 is 13.2 Å². The number of rotatable bonds is 8. The van der Waals surface area contributed by atoms with Gasteiger partial charge < -0.3 is 10.2 Å². The molecule has 2 rings (SSSR count). The minimum Gasteiger partial charge on any atom is -0.375 e. The van der Waals surface area contributed by atoms with E-state index in [9.17, 15) is 13.2 Å². The molecule has 0 spiro atoms. The van der Waals surface area contributed by atoms with Gasteiger partial charge in [-0.1, -0.05) is 28.1 Å². The number of hydrogen-bond acceptors (Lipinski definition) is 4. The van der Waals surface area contributed by atoms with Crippen molar-refractivity contribution in [3.05, 3.63) is 53.0 Å². The Morgan fingerprint density at radius 3 is 2.58 bits per heavy atom. The lowest BCUT2D eigenvalue weighted by Crippen LogP contribution is -2.27. The van der Waals surface area contributed by atoms with Crippen molar-refractivity contribution in [2.45, 2.75) is 18.2 Å². The zero-order valence-corrected chi connectivity index (χ0v) is 17.1. The fourth-order valence-corrected chi connectivity index (χ4v) is 3.87. The molecular formula is C18H22BrN3O3S. The van der Waals surface area contributed by atoms with E-state index in [4.69, 9.17) is 0 Å². The minimum absolute atomic E-state index is 0.0230. The van der Waals surface area contributed by atoms with Crippen LogP contribution in [-0.2, 0) is 14.8 Å². The molecule has 26 heavy (non-hydrogen) atoms. The number of halogens is 1. The van der Waals surface area contributed by atoms with Crippen molar-refractivity contribution in [2.24, 2.45) is 0 Å². The van der Waals surface area contributed by atoms with E-state index in [1.807, 2.05) is 32.2 Å². The molecule has 2 aromatic carbocycles. The van der Waals surface area contributed by atoms with Gasteiger partial charge in [0.2, 0.25) is 15.9 Å². The molecule has 0 heterocycles. The van der Waals surface area contributed by atoms with Crippen molar-refractivity contribution in [1.82, 2.24) is 4.72 Å². The Morgan fingerprint density at radius 1 is 1.15 bits per heavy atom. The largest absolute Gasteiger partial charge is 0.375 e. The summed E-state index contributed by atoms with van der Waals surface area (Å²) in [6, 6.07) is 13.9. The van der Waals surface area contributed by atoms with E-state index in [1.54, 1.807) is 18.2 Å². The number of benzene rings is 2. The number of carbonyl (C=O) groups is 1. The number of anilines is 2. The highest BCUT2D eigenvalue weighted by Gasteiger charge is 2.14. The maximum atomic E-state index is 12.2. The van der Waals surface area contributed by atoms with Crippen molar-refractivity contribution in [2.75, 3.05) is 30.4 Å². The fraction of sp³-hybridized carbons (Fsp3) is 0.278. The Hall–Kier alpha value is -1.90. The summed E-state index contributed by atoms with van der Waals surface area (Å²) in [6.45, 7) is 2.92. The van der Waals surface area contributed by atoms with Gasteiger partial charge in [-0.2, -0.15) is 0 Å². The van der Waals surface area contributed by atoms with Gasteiger partial charge in [-0.15, -0.1) is 0 Å². The van der Waals surface area contributed by atoms with E-state index >= 15 is 0 Å². The third-order valence-electron chi connectivity index (χ3n) is 3.80. The molecule has 8 heteroatoms. The first-order chi connectivity index (χ1) is 12.3. The van der Waals surface area contributed by atoms with Crippen LogP contribution in [0.3, 0.4) is 0 Å². The maximum absolute atomic E-state index is 12.2. The van der Waals surface area contributed by atoms with Crippen LogP contribution in [0.1, 0.15) is 13.3 Å². The molecule has 1 amide bonds. The van der Waals surface area contributed by atoms with Gasteiger partial charge in [0.25, 0.3) is 0 Å². The molecule has 0 aromatic heterocycles. The molecule has 0 aliphatic rings. The number of nitrogens with one attached hydrogen (secondary N) is 2. The second-order valence-electron chi connectivity index (χ2n) is 5.72. The predicted molar refractivity (Wildman–Crippen MR) is 108 cm³/mol. The molecule has 6 nitrogen and oxygen atoms in total. The highest BCUT2D eigenvalue weighted by Crippen LogP contribution is 2.18. The standard InChI is InChI=1S/C18H22BrN3O3S/c1-3-22(2)16-8-5-7-15(13-16)21-18(23)10-11-20-26(24,25)17-9-4-6-14(19)12-17/h4-9,12-13,20H,3,10-11H2,1-2H3,(H,21,23). The number of carbonyl (C=O) groups excluding carboxylic acids is 1. The van der Waals surface area contributed by atoms with Crippen LogP contribution < -0.4 is 14.9 Å². The normalized spacial score (nSPS) is 11.2. The third kappa shape index (κ3) is 5.82. The smallest absolute Gasteiger partial charge is 0.240 e. The highest BCUT2D eigenvalue weighted by atomic mass is 79.9. The lowest BCUT2D eigenvalue weighted by molar-refractivity contribution is -0.116. The third-order valence-corrected chi connectivity index (χ3v) is 5.75. The van der Waals surface area contributed by atoms with E-state index in [1.165, 1.54) is 12.1 Å². The van der Waals surface area contributed by atoms with Crippen LogP contribution >= 0.6 is 15.9 Å². The summed E-state index contributed by atoms with van der Waals surface area (Å²) in [7, 11) is -1.67. The zero-order chi connectivity index (χ0) is 19.2. The fourth-order valence-electron chi connectivity index (χ4n) is 2.24. The first-order valence-electron chi connectivity index (χ1n) is 8.18. The molecule has 0 aliphatic carbocycles. The van der Waals surface area contributed by atoms with Crippen LogP contribution in [0.25, 0.3) is 0 Å². The zero-order valence-electron chi connectivity index (χ0n) is 14.7. The van der Waals surface area contributed by atoms with E-state index in [-0.39, 0.29) is 23.8 Å². The Kier molecular flexibility index (Phi) is 7.19. The van der Waals surface area contributed by atoms with E-state index in [2.05, 4.69) is 30.9 Å². The van der Waals surface area contributed by atoms with Crippen LogP contribution in [0.5, 0.6) is 0 Å². The molecule has 2 N–H and O–H groups in total. The molecule has 0 bridgehead atoms. The Balaban J connectivity index is 1.89. The van der Waals surface area contributed by atoms with E-state index in [0.29, 0.717) is 10.2 Å². The highest BCUT2D eigenvalue weighted by molar-refractivity contribution is 9.10. The molecule has 140 valence electrons. The molecule has 0 aliphatic heterocycles. The van der Waals surface area contributed by atoms with Crippen LogP contribution in [0.15, 0.2) is 57.9 Å². The average Bonchev–Trinajstić information content (AvgIpc) is 2.61. The van der Waals surface area contributed by atoms with Gasteiger partial charge in [0, 0.05) is 42.4 Å². The van der Waals surface area contributed by atoms with Crippen LogP contribution in [0.2, 0.25) is 0 Å². The molecule has 0 unspecified atom stereocenters. The second-order valence-corrected chi connectivity index (χ2v) is 8.40. The van der Waals surface area contributed by atoms with Gasteiger partial charge in [-0.3, -0.25) is 4.79 Å². The molecule has 0 radical (unpaired) electrons. The Morgan fingerprint density at radius 2 is 1.88 bits per heavy atom. The van der Waals surface area contributed by atoms with Crippen molar-refractivity contribution >= 4 is 43.2 Å². The maximum Gasteiger partial charge on any atom is 0.240 e. The van der Waals surface area contributed by atoms with Crippen LogP contribution in [0.4, 0.5) is 11.4 Å². The average molecular weight is 440 g/mol. The monoisotopic (exact) mass is 439 g/mol. The molecule has 0 atom stereocenters. The SMILES string of the molecule is CCN(C)c1cccc(NC(=O)CCNS(=O)(=O)c2cccc(Br)c2)c1. The van der Waals surface area contributed by atoms with Crippen molar-refractivity contribution in [3.8, 4) is 0 Å². The second kappa shape index (κ2) is 9.16. The number of sulfonamides is 1. The molecule has 2 aromatic rings. The summed E-state index contributed by atoms with van der Waals surface area (Å²) >= 11 is 3.24. The predicted octanol–water partition coefficient (Wildman–Crippen LogP) is 3.21. The van der Waals surface area contributed by atoms with E-state index < -0.39 is 10.0 Å². The summed E-state index contributed by atoms with van der Waals surface area (Å²) in [5.74, 6) is -0.252.